The van der Waals surface area contributed by atoms with Crippen LogP contribution in [0.1, 0.15) is 30.4 Å². The van der Waals surface area contributed by atoms with Crippen molar-refractivity contribution in [3.05, 3.63) is 64.8 Å². The maximum Gasteiger partial charge on any atom is 0.237 e. The Bertz CT molecular complexity index is 986. The van der Waals surface area contributed by atoms with Gasteiger partial charge in [0.1, 0.15) is 0 Å². The third kappa shape index (κ3) is 2.22. The summed E-state index contributed by atoms with van der Waals surface area (Å²) in [5.74, 6) is 0.237. The molecule has 1 aromatic heterocycles. The first-order chi connectivity index (χ1) is 12.2. The van der Waals surface area contributed by atoms with Gasteiger partial charge in [0.25, 0.3) is 0 Å². The van der Waals surface area contributed by atoms with Crippen molar-refractivity contribution in [3.8, 4) is 0 Å². The van der Waals surface area contributed by atoms with Gasteiger partial charge in [-0.15, -0.1) is 0 Å². The SMILES string of the molecule is O=C(N1CCCc2ccccc21)C1(c2c[nH]c3ccc(Cl)cc23)CC1. The Morgan fingerprint density at radius 3 is 2.84 bits per heavy atom. The van der Waals surface area contributed by atoms with E-state index < -0.39 is 5.41 Å². The van der Waals surface area contributed by atoms with E-state index in [1.165, 1.54) is 5.56 Å². The maximum atomic E-state index is 13.6. The first-order valence-electron chi connectivity index (χ1n) is 8.86. The number of H-pyrrole nitrogens is 1. The molecule has 1 amide bonds. The highest BCUT2D eigenvalue weighted by Gasteiger charge is 2.54. The molecule has 0 saturated heterocycles. The summed E-state index contributed by atoms with van der Waals surface area (Å²) in [7, 11) is 0. The van der Waals surface area contributed by atoms with E-state index in [0.29, 0.717) is 5.02 Å². The number of carbonyl (C=O) groups is 1. The zero-order valence-electron chi connectivity index (χ0n) is 13.9. The molecule has 2 aromatic carbocycles. The summed E-state index contributed by atoms with van der Waals surface area (Å²) in [5.41, 5.74) is 4.10. The first kappa shape index (κ1) is 15.0. The van der Waals surface area contributed by atoms with Crippen LogP contribution in [0.5, 0.6) is 0 Å². The van der Waals surface area contributed by atoms with E-state index in [0.717, 1.165) is 54.4 Å². The fraction of sp³-hybridized carbons (Fsp3) is 0.286. The number of carbonyl (C=O) groups excluding carboxylic acids is 1. The van der Waals surface area contributed by atoms with Gasteiger partial charge in [-0.05, 0) is 61.1 Å². The Labute approximate surface area is 151 Å². The average Bonchev–Trinajstić information content (AvgIpc) is 3.34. The van der Waals surface area contributed by atoms with Crippen LogP contribution in [-0.2, 0) is 16.6 Å². The van der Waals surface area contributed by atoms with Crippen LogP contribution in [0.2, 0.25) is 5.02 Å². The fourth-order valence-corrected chi connectivity index (χ4v) is 4.39. The Balaban J connectivity index is 1.59. The summed E-state index contributed by atoms with van der Waals surface area (Å²) in [6, 6.07) is 14.1. The number of aromatic amines is 1. The number of fused-ring (bicyclic) bond motifs is 2. The van der Waals surface area contributed by atoms with Gasteiger partial charge >= 0.3 is 0 Å². The van der Waals surface area contributed by atoms with Crippen molar-refractivity contribution in [1.82, 2.24) is 4.98 Å². The highest BCUT2D eigenvalue weighted by atomic mass is 35.5. The minimum atomic E-state index is -0.395. The van der Waals surface area contributed by atoms with Gasteiger partial charge in [-0.25, -0.2) is 0 Å². The van der Waals surface area contributed by atoms with Crippen LogP contribution in [0.15, 0.2) is 48.7 Å². The number of para-hydroxylation sites is 1. The minimum Gasteiger partial charge on any atom is -0.361 e. The molecule has 0 atom stereocenters. The van der Waals surface area contributed by atoms with Crippen LogP contribution in [0, 0.1) is 0 Å². The van der Waals surface area contributed by atoms with E-state index >= 15 is 0 Å². The second-order valence-corrected chi connectivity index (χ2v) is 7.60. The molecule has 25 heavy (non-hydrogen) atoms. The van der Waals surface area contributed by atoms with Gasteiger partial charge in [-0.1, -0.05) is 29.8 Å². The number of nitrogens with one attached hydrogen (secondary N) is 1. The number of amides is 1. The molecular weight excluding hydrogens is 332 g/mol. The molecule has 1 saturated carbocycles. The lowest BCUT2D eigenvalue weighted by molar-refractivity contribution is -0.121. The zero-order chi connectivity index (χ0) is 17.0. The molecule has 126 valence electrons. The minimum absolute atomic E-state index is 0.237. The van der Waals surface area contributed by atoms with Gasteiger partial charge < -0.3 is 9.88 Å². The molecule has 0 radical (unpaired) electrons. The van der Waals surface area contributed by atoms with Crippen molar-refractivity contribution < 1.29 is 4.79 Å². The molecule has 3 aromatic rings. The van der Waals surface area contributed by atoms with E-state index in [1.54, 1.807) is 0 Å². The number of hydrogen-bond donors (Lipinski definition) is 1. The Hall–Kier alpha value is -2.26. The lowest BCUT2D eigenvalue weighted by Crippen LogP contribution is -2.42. The summed E-state index contributed by atoms with van der Waals surface area (Å²) < 4.78 is 0. The Morgan fingerprint density at radius 2 is 2.00 bits per heavy atom. The van der Waals surface area contributed by atoms with Crippen LogP contribution in [0.25, 0.3) is 10.9 Å². The summed E-state index contributed by atoms with van der Waals surface area (Å²) in [4.78, 5) is 18.9. The molecule has 1 N–H and O–H groups in total. The number of rotatable bonds is 2. The predicted molar refractivity (Wildman–Crippen MR) is 101 cm³/mol. The number of aryl methyl sites for hydroxylation is 1. The van der Waals surface area contributed by atoms with Crippen LogP contribution in [0.4, 0.5) is 5.69 Å². The molecule has 1 aliphatic carbocycles. The number of benzene rings is 2. The van der Waals surface area contributed by atoms with Crippen molar-refractivity contribution >= 4 is 34.1 Å². The smallest absolute Gasteiger partial charge is 0.237 e. The number of hydrogen-bond acceptors (Lipinski definition) is 1. The van der Waals surface area contributed by atoms with E-state index in [4.69, 9.17) is 11.6 Å². The quantitative estimate of drug-likeness (QED) is 0.705. The zero-order valence-corrected chi connectivity index (χ0v) is 14.6. The molecular formula is C21H19ClN2O. The monoisotopic (exact) mass is 350 g/mol. The Morgan fingerprint density at radius 1 is 1.16 bits per heavy atom. The number of halogens is 1. The number of aromatic nitrogens is 1. The van der Waals surface area contributed by atoms with Gasteiger partial charge in [0.15, 0.2) is 0 Å². The Kier molecular flexibility index (Phi) is 3.23. The van der Waals surface area contributed by atoms with Crippen LogP contribution < -0.4 is 4.90 Å². The molecule has 0 bridgehead atoms. The molecule has 0 unspecified atom stereocenters. The van der Waals surface area contributed by atoms with Gasteiger partial charge in [-0.3, -0.25) is 4.79 Å². The molecule has 1 fully saturated rings. The summed E-state index contributed by atoms with van der Waals surface area (Å²) in [5, 5.41) is 1.78. The standard InChI is InChI=1S/C21H19ClN2O/c22-15-7-8-18-16(12-15)17(13-23-18)21(9-10-21)20(25)24-11-3-5-14-4-1-2-6-19(14)24/h1-2,4,6-8,12-13,23H,3,5,9-11H2. The van der Waals surface area contributed by atoms with Crippen molar-refractivity contribution in [2.45, 2.75) is 31.1 Å². The molecule has 2 aliphatic rings. The third-order valence-corrected chi connectivity index (χ3v) is 5.91. The van der Waals surface area contributed by atoms with Crippen LogP contribution in [0.3, 0.4) is 0 Å². The molecule has 5 rings (SSSR count). The van der Waals surface area contributed by atoms with Gasteiger partial charge in [-0.2, -0.15) is 0 Å². The second kappa shape index (κ2) is 5.37. The second-order valence-electron chi connectivity index (χ2n) is 7.16. The van der Waals surface area contributed by atoms with Crippen LogP contribution in [-0.4, -0.2) is 17.4 Å². The molecule has 2 heterocycles. The van der Waals surface area contributed by atoms with E-state index in [9.17, 15) is 4.79 Å². The van der Waals surface area contributed by atoms with Crippen molar-refractivity contribution in [1.29, 1.82) is 0 Å². The lowest BCUT2D eigenvalue weighted by atomic mass is 9.92. The van der Waals surface area contributed by atoms with Crippen molar-refractivity contribution in [3.63, 3.8) is 0 Å². The molecule has 3 nitrogen and oxygen atoms in total. The topological polar surface area (TPSA) is 36.1 Å². The average molecular weight is 351 g/mol. The number of nitrogens with zero attached hydrogens (tertiary/aromatic N) is 1. The van der Waals surface area contributed by atoms with Crippen LogP contribution >= 0.6 is 11.6 Å². The summed E-state index contributed by atoms with van der Waals surface area (Å²) >= 11 is 6.20. The highest BCUT2D eigenvalue weighted by molar-refractivity contribution is 6.31. The number of anilines is 1. The van der Waals surface area contributed by atoms with Crippen molar-refractivity contribution in [2.75, 3.05) is 11.4 Å². The maximum absolute atomic E-state index is 13.6. The van der Waals surface area contributed by atoms with Crippen molar-refractivity contribution in [2.24, 2.45) is 0 Å². The largest absolute Gasteiger partial charge is 0.361 e. The normalized spacial score (nSPS) is 18.2. The first-order valence-corrected chi connectivity index (χ1v) is 9.24. The highest BCUT2D eigenvalue weighted by Crippen LogP contribution is 2.52. The van der Waals surface area contributed by atoms with Gasteiger partial charge in [0.2, 0.25) is 5.91 Å². The van der Waals surface area contributed by atoms with E-state index in [2.05, 4.69) is 23.2 Å². The van der Waals surface area contributed by atoms with E-state index in [-0.39, 0.29) is 5.91 Å². The fourth-order valence-electron chi connectivity index (χ4n) is 4.22. The summed E-state index contributed by atoms with van der Waals surface area (Å²) in [6.45, 7) is 0.806. The lowest BCUT2D eigenvalue weighted by Gasteiger charge is -2.32. The molecule has 0 spiro atoms. The summed E-state index contributed by atoms with van der Waals surface area (Å²) in [6.07, 6.45) is 5.89. The van der Waals surface area contributed by atoms with E-state index in [1.807, 2.05) is 35.4 Å². The third-order valence-electron chi connectivity index (χ3n) is 5.67. The van der Waals surface area contributed by atoms with Gasteiger partial charge in [0, 0.05) is 34.4 Å². The van der Waals surface area contributed by atoms with Gasteiger partial charge in [0.05, 0.1) is 5.41 Å². The molecule has 1 aliphatic heterocycles. The predicted octanol–water partition coefficient (Wildman–Crippen LogP) is 4.83. The molecule has 4 heteroatoms.